The van der Waals surface area contributed by atoms with Gasteiger partial charge in [0.15, 0.2) is 0 Å². The fraction of sp³-hybridized carbons (Fsp3) is 1.00. The summed E-state index contributed by atoms with van der Waals surface area (Å²) in [6.45, 7) is 7.50. The van der Waals surface area contributed by atoms with Gasteiger partial charge in [0.25, 0.3) is 0 Å². The summed E-state index contributed by atoms with van der Waals surface area (Å²) >= 11 is 0. The largest absolute Gasteiger partial charge is 0.312 e. The molecular formula is C14H28N2. The molecule has 2 rings (SSSR count). The summed E-state index contributed by atoms with van der Waals surface area (Å²) in [5.41, 5.74) is 0. The summed E-state index contributed by atoms with van der Waals surface area (Å²) in [7, 11) is 0. The molecule has 1 aliphatic carbocycles. The molecule has 0 amide bonds. The first-order chi connectivity index (χ1) is 7.90. The fourth-order valence-electron chi connectivity index (χ4n) is 3.39. The first-order valence-electron chi connectivity index (χ1n) is 7.36. The smallest absolute Gasteiger partial charge is 0.0107 e. The lowest BCUT2D eigenvalue weighted by atomic mass is 10.0. The molecule has 16 heavy (non-hydrogen) atoms. The molecule has 1 aliphatic heterocycles. The minimum absolute atomic E-state index is 0.829. The van der Waals surface area contributed by atoms with Gasteiger partial charge in [-0.25, -0.2) is 0 Å². The number of nitrogens with one attached hydrogen (secondary N) is 1. The van der Waals surface area contributed by atoms with Crippen molar-refractivity contribution in [3.63, 3.8) is 0 Å². The van der Waals surface area contributed by atoms with Gasteiger partial charge in [0.05, 0.1) is 0 Å². The number of hydrogen-bond donors (Lipinski definition) is 1. The standard InChI is InChI=1S/C14H28N2/c1-2-13-7-6-8-14(13)15-9-12-16-10-4-3-5-11-16/h13-15H,2-12H2,1H3. The van der Waals surface area contributed by atoms with Gasteiger partial charge >= 0.3 is 0 Å². The van der Waals surface area contributed by atoms with Crippen LogP contribution in [-0.4, -0.2) is 37.1 Å². The molecule has 1 N–H and O–H groups in total. The third-order valence-electron chi connectivity index (χ3n) is 4.47. The molecule has 0 bridgehead atoms. The summed E-state index contributed by atoms with van der Waals surface area (Å²) < 4.78 is 0. The van der Waals surface area contributed by atoms with Crippen LogP contribution < -0.4 is 5.32 Å². The maximum Gasteiger partial charge on any atom is 0.0107 e. The highest BCUT2D eigenvalue weighted by molar-refractivity contribution is 4.82. The predicted octanol–water partition coefficient (Wildman–Crippen LogP) is 2.64. The first kappa shape index (κ1) is 12.4. The van der Waals surface area contributed by atoms with E-state index in [9.17, 15) is 0 Å². The van der Waals surface area contributed by atoms with Crippen LogP contribution in [0, 0.1) is 5.92 Å². The van der Waals surface area contributed by atoms with Gasteiger partial charge in [-0.05, 0) is 44.7 Å². The second kappa shape index (κ2) is 6.61. The molecule has 2 unspecified atom stereocenters. The maximum absolute atomic E-state index is 3.79. The lowest BCUT2D eigenvalue weighted by Gasteiger charge is -2.28. The van der Waals surface area contributed by atoms with E-state index in [0.29, 0.717) is 0 Å². The van der Waals surface area contributed by atoms with Crippen LogP contribution in [0.15, 0.2) is 0 Å². The average molecular weight is 224 g/mol. The molecule has 0 aromatic rings. The summed E-state index contributed by atoms with van der Waals surface area (Å²) in [4.78, 5) is 2.63. The highest BCUT2D eigenvalue weighted by Gasteiger charge is 2.24. The molecule has 2 atom stereocenters. The Morgan fingerprint density at radius 3 is 2.62 bits per heavy atom. The van der Waals surface area contributed by atoms with E-state index in [1.807, 2.05) is 0 Å². The molecule has 0 spiro atoms. The van der Waals surface area contributed by atoms with Crippen molar-refractivity contribution in [3.8, 4) is 0 Å². The number of piperidine rings is 1. The Hall–Kier alpha value is -0.0800. The quantitative estimate of drug-likeness (QED) is 0.772. The molecule has 0 aromatic carbocycles. The third-order valence-corrected chi connectivity index (χ3v) is 4.47. The molecule has 2 aliphatic rings. The van der Waals surface area contributed by atoms with Gasteiger partial charge < -0.3 is 10.2 Å². The Morgan fingerprint density at radius 2 is 1.88 bits per heavy atom. The van der Waals surface area contributed by atoms with Crippen LogP contribution in [-0.2, 0) is 0 Å². The van der Waals surface area contributed by atoms with E-state index >= 15 is 0 Å². The number of hydrogen-bond acceptors (Lipinski definition) is 2. The number of likely N-dealkylation sites (tertiary alicyclic amines) is 1. The molecule has 1 saturated carbocycles. The summed E-state index contributed by atoms with van der Waals surface area (Å²) in [6, 6.07) is 0.829. The zero-order chi connectivity index (χ0) is 11.2. The molecule has 1 saturated heterocycles. The van der Waals surface area contributed by atoms with Crippen LogP contribution in [0.1, 0.15) is 51.9 Å². The van der Waals surface area contributed by atoms with Crippen LogP contribution in [0.4, 0.5) is 0 Å². The van der Waals surface area contributed by atoms with Crippen molar-refractivity contribution >= 4 is 0 Å². The molecule has 2 fully saturated rings. The lowest BCUT2D eigenvalue weighted by Crippen LogP contribution is -2.40. The first-order valence-corrected chi connectivity index (χ1v) is 7.36. The van der Waals surface area contributed by atoms with Gasteiger partial charge in [-0.1, -0.05) is 26.2 Å². The normalized spacial score (nSPS) is 32.1. The van der Waals surface area contributed by atoms with E-state index in [1.54, 1.807) is 0 Å². The van der Waals surface area contributed by atoms with Crippen molar-refractivity contribution in [2.45, 2.75) is 57.9 Å². The van der Waals surface area contributed by atoms with E-state index in [4.69, 9.17) is 0 Å². The van der Waals surface area contributed by atoms with E-state index in [0.717, 1.165) is 12.0 Å². The van der Waals surface area contributed by atoms with Gasteiger partial charge in [-0.3, -0.25) is 0 Å². The SMILES string of the molecule is CCC1CCCC1NCCN1CCCCC1. The van der Waals surface area contributed by atoms with E-state index in [1.165, 1.54) is 71.1 Å². The molecule has 2 nitrogen and oxygen atoms in total. The summed E-state index contributed by atoms with van der Waals surface area (Å²) in [5.74, 6) is 0.960. The van der Waals surface area contributed by atoms with Crippen molar-refractivity contribution in [1.29, 1.82) is 0 Å². The average Bonchev–Trinajstić information content (AvgIpc) is 2.78. The van der Waals surface area contributed by atoms with E-state index in [-0.39, 0.29) is 0 Å². The van der Waals surface area contributed by atoms with Crippen molar-refractivity contribution in [2.75, 3.05) is 26.2 Å². The molecule has 1 heterocycles. The molecular weight excluding hydrogens is 196 g/mol. The second-order valence-corrected chi connectivity index (χ2v) is 5.56. The van der Waals surface area contributed by atoms with Crippen LogP contribution >= 0.6 is 0 Å². The highest BCUT2D eigenvalue weighted by atomic mass is 15.1. The summed E-state index contributed by atoms with van der Waals surface area (Å²) in [5, 5.41) is 3.79. The summed E-state index contributed by atoms with van der Waals surface area (Å²) in [6.07, 6.45) is 9.96. The van der Waals surface area contributed by atoms with Gasteiger partial charge in [0.2, 0.25) is 0 Å². The van der Waals surface area contributed by atoms with Crippen molar-refractivity contribution in [3.05, 3.63) is 0 Å². The lowest BCUT2D eigenvalue weighted by molar-refractivity contribution is 0.223. The predicted molar refractivity (Wildman–Crippen MR) is 69.7 cm³/mol. The van der Waals surface area contributed by atoms with Crippen LogP contribution in [0.2, 0.25) is 0 Å². The minimum Gasteiger partial charge on any atom is -0.312 e. The fourth-order valence-corrected chi connectivity index (χ4v) is 3.39. The topological polar surface area (TPSA) is 15.3 Å². The van der Waals surface area contributed by atoms with Crippen molar-refractivity contribution < 1.29 is 0 Å². The van der Waals surface area contributed by atoms with Crippen molar-refractivity contribution in [1.82, 2.24) is 10.2 Å². The monoisotopic (exact) mass is 224 g/mol. The Balaban J connectivity index is 1.59. The molecule has 0 radical (unpaired) electrons. The maximum atomic E-state index is 3.79. The molecule has 94 valence electrons. The molecule has 0 aromatic heterocycles. The van der Waals surface area contributed by atoms with Crippen LogP contribution in [0.5, 0.6) is 0 Å². The second-order valence-electron chi connectivity index (χ2n) is 5.56. The number of rotatable bonds is 5. The van der Waals surface area contributed by atoms with E-state index in [2.05, 4.69) is 17.1 Å². The third kappa shape index (κ3) is 3.46. The van der Waals surface area contributed by atoms with Gasteiger partial charge in [-0.15, -0.1) is 0 Å². The number of nitrogens with zero attached hydrogens (tertiary/aromatic N) is 1. The van der Waals surface area contributed by atoms with Gasteiger partial charge in [0, 0.05) is 19.1 Å². The molecule has 2 heteroatoms. The Kier molecular flexibility index (Phi) is 5.11. The van der Waals surface area contributed by atoms with Gasteiger partial charge in [0.1, 0.15) is 0 Å². The Bertz CT molecular complexity index is 187. The van der Waals surface area contributed by atoms with Crippen molar-refractivity contribution in [2.24, 2.45) is 5.92 Å². The van der Waals surface area contributed by atoms with E-state index < -0.39 is 0 Å². The van der Waals surface area contributed by atoms with Crippen LogP contribution in [0.25, 0.3) is 0 Å². The van der Waals surface area contributed by atoms with Crippen LogP contribution in [0.3, 0.4) is 0 Å². The Morgan fingerprint density at radius 1 is 1.06 bits per heavy atom. The Labute approximate surface area is 101 Å². The zero-order valence-corrected chi connectivity index (χ0v) is 10.9. The van der Waals surface area contributed by atoms with Gasteiger partial charge in [-0.2, -0.15) is 0 Å². The zero-order valence-electron chi connectivity index (χ0n) is 10.9. The highest BCUT2D eigenvalue weighted by Crippen LogP contribution is 2.27. The minimum atomic E-state index is 0.829.